The normalized spacial score (nSPS) is 12.1. The minimum Gasteiger partial charge on any atom is -0.493 e. The Bertz CT molecular complexity index is 510. The van der Waals surface area contributed by atoms with Gasteiger partial charge in [0.1, 0.15) is 5.75 Å². The van der Waals surface area contributed by atoms with Gasteiger partial charge in [0.25, 0.3) is 0 Å². The van der Waals surface area contributed by atoms with Gasteiger partial charge in [-0.25, -0.2) is 0 Å². The molecule has 0 bridgehead atoms. The Labute approximate surface area is 121 Å². The highest BCUT2D eigenvalue weighted by Gasteiger charge is 2.11. The zero-order valence-electron chi connectivity index (χ0n) is 12.1. The molecule has 2 rings (SSSR count). The molecule has 1 unspecified atom stereocenters. The average molecular weight is 269 g/mol. The Hall–Kier alpha value is -1.80. The van der Waals surface area contributed by atoms with E-state index < -0.39 is 0 Å². The van der Waals surface area contributed by atoms with Crippen LogP contribution < -0.4 is 10.5 Å². The zero-order chi connectivity index (χ0) is 14.2. The Morgan fingerprint density at radius 2 is 1.70 bits per heavy atom. The fourth-order valence-electron chi connectivity index (χ4n) is 2.25. The number of para-hydroxylation sites is 1. The van der Waals surface area contributed by atoms with Crippen LogP contribution in [0.3, 0.4) is 0 Å². The molecule has 2 heteroatoms. The molecule has 2 nitrogen and oxygen atoms in total. The minimum atomic E-state index is 0.0169. The fourth-order valence-corrected chi connectivity index (χ4v) is 2.25. The summed E-state index contributed by atoms with van der Waals surface area (Å²) in [6.07, 6.45) is 2.92. The lowest BCUT2D eigenvalue weighted by atomic mass is 9.99. The van der Waals surface area contributed by atoms with Crippen molar-refractivity contribution in [2.45, 2.75) is 32.2 Å². The Balaban J connectivity index is 1.99. The lowest BCUT2D eigenvalue weighted by Crippen LogP contribution is -2.13. The van der Waals surface area contributed by atoms with Crippen molar-refractivity contribution in [3.63, 3.8) is 0 Å². The molecule has 0 fully saturated rings. The smallest absolute Gasteiger partial charge is 0.124 e. The van der Waals surface area contributed by atoms with E-state index in [1.54, 1.807) is 0 Å². The van der Waals surface area contributed by atoms with Crippen molar-refractivity contribution in [3.05, 3.63) is 65.7 Å². The van der Waals surface area contributed by atoms with Crippen LogP contribution in [0.5, 0.6) is 5.75 Å². The quantitative estimate of drug-likeness (QED) is 0.821. The summed E-state index contributed by atoms with van der Waals surface area (Å²) >= 11 is 0. The molecular weight excluding hydrogens is 246 g/mol. The highest BCUT2D eigenvalue weighted by atomic mass is 16.5. The Kier molecular flexibility index (Phi) is 5.63. The lowest BCUT2D eigenvalue weighted by molar-refractivity contribution is 0.311. The van der Waals surface area contributed by atoms with E-state index in [4.69, 9.17) is 10.5 Å². The Morgan fingerprint density at radius 3 is 2.45 bits per heavy atom. The molecule has 0 aliphatic heterocycles. The second-order valence-electron chi connectivity index (χ2n) is 5.02. The Morgan fingerprint density at radius 1 is 1.00 bits per heavy atom. The molecule has 0 amide bonds. The van der Waals surface area contributed by atoms with Gasteiger partial charge in [-0.1, -0.05) is 55.5 Å². The van der Waals surface area contributed by atoms with E-state index in [9.17, 15) is 0 Å². The predicted octanol–water partition coefficient (Wildman–Crippen LogP) is 4.11. The molecule has 2 aromatic rings. The summed E-state index contributed by atoms with van der Waals surface area (Å²) in [6, 6.07) is 18.6. The van der Waals surface area contributed by atoms with Crippen molar-refractivity contribution in [1.82, 2.24) is 0 Å². The van der Waals surface area contributed by atoms with Gasteiger partial charge in [-0.3, -0.25) is 0 Å². The molecule has 0 heterocycles. The molecular formula is C18H23NO. The minimum absolute atomic E-state index is 0.0169. The van der Waals surface area contributed by atoms with Gasteiger partial charge in [-0.05, 0) is 30.9 Å². The van der Waals surface area contributed by atoms with Gasteiger partial charge in [0.15, 0.2) is 0 Å². The lowest BCUT2D eigenvalue weighted by Gasteiger charge is -2.16. The summed E-state index contributed by atoms with van der Waals surface area (Å²) in [5.74, 6) is 0.926. The van der Waals surface area contributed by atoms with Crippen molar-refractivity contribution in [2.24, 2.45) is 5.73 Å². The van der Waals surface area contributed by atoms with Crippen molar-refractivity contribution in [1.29, 1.82) is 0 Å². The molecule has 0 radical (unpaired) electrons. The first-order valence-corrected chi connectivity index (χ1v) is 7.32. The second kappa shape index (κ2) is 7.71. The van der Waals surface area contributed by atoms with Gasteiger partial charge in [0.05, 0.1) is 6.61 Å². The third-order valence-corrected chi connectivity index (χ3v) is 3.37. The zero-order valence-corrected chi connectivity index (χ0v) is 12.1. The first-order valence-electron chi connectivity index (χ1n) is 7.32. The predicted molar refractivity (Wildman–Crippen MR) is 83.9 cm³/mol. The molecule has 0 aliphatic carbocycles. The maximum Gasteiger partial charge on any atom is 0.124 e. The summed E-state index contributed by atoms with van der Waals surface area (Å²) < 4.78 is 5.78. The van der Waals surface area contributed by atoms with Gasteiger partial charge in [0, 0.05) is 11.6 Å². The van der Waals surface area contributed by atoms with Crippen molar-refractivity contribution in [3.8, 4) is 5.75 Å². The van der Waals surface area contributed by atoms with E-state index in [0.29, 0.717) is 0 Å². The number of hydrogen-bond donors (Lipinski definition) is 1. The summed E-state index contributed by atoms with van der Waals surface area (Å²) in [7, 11) is 0. The van der Waals surface area contributed by atoms with Crippen LogP contribution in [-0.2, 0) is 6.42 Å². The SMILES string of the molecule is CCCOc1ccccc1C(N)CCc1ccccc1. The number of hydrogen-bond acceptors (Lipinski definition) is 2. The van der Waals surface area contributed by atoms with Gasteiger partial charge >= 0.3 is 0 Å². The van der Waals surface area contributed by atoms with Crippen LogP contribution in [0.15, 0.2) is 54.6 Å². The molecule has 2 N–H and O–H groups in total. The maximum atomic E-state index is 6.34. The molecule has 1 atom stereocenters. The van der Waals surface area contributed by atoms with Crippen LogP contribution in [0.25, 0.3) is 0 Å². The number of rotatable bonds is 7. The van der Waals surface area contributed by atoms with Crippen molar-refractivity contribution < 1.29 is 4.74 Å². The summed E-state index contributed by atoms with van der Waals surface area (Å²) in [5, 5.41) is 0. The average Bonchev–Trinajstić information content (AvgIpc) is 2.52. The standard InChI is InChI=1S/C18H23NO/c1-2-14-20-18-11-7-6-10-16(18)17(19)13-12-15-8-4-3-5-9-15/h3-11,17H,2,12-14,19H2,1H3. The van der Waals surface area contributed by atoms with Crippen LogP contribution in [0.4, 0.5) is 0 Å². The van der Waals surface area contributed by atoms with E-state index >= 15 is 0 Å². The van der Waals surface area contributed by atoms with E-state index in [-0.39, 0.29) is 6.04 Å². The van der Waals surface area contributed by atoms with E-state index in [2.05, 4.69) is 37.3 Å². The largest absolute Gasteiger partial charge is 0.493 e. The molecule has 0 saturated heterocycles. The highest BCUT2D eigenvalue weighted by Crippen LogP contribution is 2.26. The first-order chi connectivity index (χ1) is 9.81. The van der Waals surface area contributed by atoms with Crippen molar-refractivity contribution >= 4 is 0 Å². The monoisotopic (exact) mass is 269 g/mol. The summed E-state index contributed by atoms with van der Waals surface area (Å²) in [4.78, 5) is 0. The van der Waals surface area contributed by atoms with Crippen LogP contribution >= 0.6 is 0 Å². The number of aryl methyl sites for hydroxylation is 1. The molecule has 20 heavy (non-hydrogen) atoms. The third kappa shape index (κ3) is 4.10. The molecule has 0 spiro atoms. The van der Waals surface area contributed by atoms with Gasteiger partial charge in [0.2, 0.25) is 0 Å². The summed E-state index contributed by atoms with van der Waals surface area (Å²) in [5.41, 5.74) is 8.77. The van der Waals surface area contributed by atoms with Gasteiger partial charge < -0.3 is 10.5 Å². The fraction of sp³-hybridized carbons (Fsp3) is 0.333. The molecule has 2 aromatic carbocycles. The first kappa shape index (κ1) is 14.6. The maximum absolute atomic E-state index is 6.34. The topological polar surface area (TPSA) is 35.2 Å². The highest BCUT2D eigenvalue weighted by molar-refractivity contribution is 5.36. The van der Waals surface area contributed by atoms with Crippen LogP contribution in [0, 0.1) is 0 Å². The van der Waals surface area contributed by atoms with Crippen LogP contribution in [0.2, 0.25) is 0 Å². The number of benzene rings is 2. The molecule has 0 saturated carbocycles. The van der Waals surface area contributed by atoms with Crippen LogP contribution in [0.1, 0.15) is 36.9 Å². The second-order valence-corrected chi connectivity index (χ2v) is 5.02. The molecule has 0 aliphatic rings. The van der Waals surface area contributed by atoms with E-state index in [1.807, 2.05) is 24.3 Å². The summed E-state index contributed by atoms with van der Waals surface area (Å²) in [6.45, 7) is 2.85. The number of ether oxygens (including phenoxy) is 1. The van der Waals surface area contributed by atoms with E-state index in [1.165, 1.54) is 5.56 Å². The van der Waals surface area contributed by atoms with Crippen LogP contribution in [-0.4, -0.2) is 6.61 Å². The number of nitrogens with two attached hydrogens (primary N) is 1. The van der Waals surface area contributed by atoms with Gasteiger partial charge in [-0.2, -0.15) is 0 Å². The van der Waals surface area contributed by atoms with Crippen molar-refractivity contribution in [2.75, 3.05) is 6.61 Å². The van der Waals surface area contributed by atoms with Gasteiger partial charge in [-0.15, -0.1) is 0 Å². The third-order valence-electron chi connectivity index (χ3n) is 3.37. The van der Waals surface area contributed by atoms with E-state index in [0.717, 1.165) is 37.2 Å². The molecule has 106 valence electrons. The molecule has 0 aromatic heterocycles.